The third-order valence-electron chi connectivity index (χ3n) is 5.00. The van der Waals surface area contributed by atoms with E-state index < -0.39 is 17.9 Å². The van der Waals surface area contributed by atoms with Gasteiger partial charge in [-0.05, 0) is 65.3 Å². The molecule has 7 nitrogen and oxygen atoms in total. The van der Waals surface area contributed by atoms with E-state index in [-0.39, 0.29) is 11.5 Å². The van der Waals surface area contributed by atoms with Crippen molar-refractivity contribution in [1.82, 2.24) is 15.0 Å². The summed E-state index contributed by atoms with van der Waals surface area (Å²) in [4.78, 5) is 48.9. The standard InChI is InChI=1S/C22H23N3O4/c1-10-19(14(5)26)13(4)25-20(10)21(27)15(6)29-22(28)16-7-8-17-18(9-16)24-12(3)11(2)23-17/h7-9,15,25H,1-6H3/t15-/m0/s1. The molecule has 0 aliphatic carbocycles. The molecule has 0 spiro atoms. The number of ether oxygens (including phenoxy) is 1. The summed E-state index contributed by atoms with van der Waals surface area (Å²) in [7, 11) is 0. The highest BCUT2D eigenvalue weighted by molar-refractivity contribution is 6.05. The summed E-state index contributed by atoms with van der Waals surface area (Å²) in [6.07, 6.45) is -1.01. The first kappa shape index (κ1) is 20.4. The smallest absolute Gasteiger partial charge is 0.338 e. The molecule has 0 bridgehead atoms. The Balaban J connectivity index is 1.82. The summed E-state index contributed by atoms with van der Waals surface area (Å²) < 4.78 is 5.38. The fraction of sp³-hybridized carbons (Fsp3) is 0.318. The van der Waals surface area contributed by atoms with Gasteiger partial charge in [-0.3, -0.25) is 9.59 Å². The van der Waals surface area contributed by atoms with Gasteiger partial charge >= 0.3 is 5.97 Å². The molecule has 1 aromatic carbocycles. The predicted molar refractivity (Wildman–Crippen MR) is 108 cm³/mol. The van der Waals surface area contributed by atoms with Gasteiger partial charge in [0.15, 0.2) is 11.9 Å². The maximum absolute atomic E-state index is 12.8. The molecular formula is C22H23N3O4. The Morgan fingerprint density at radius 1 is 1.00 bits per heavy atom. The number of fused-ring (bicyclic) bond motifs is 1. The van der Waals surface area contributed by atoms with E-state index in [0.717, 1.165) is 11.4 Å². The number of ketones is 2. The van der Waals surface area contributed by atoms with E-state index in [4.69, 9.17) is 4.74 Å². The first-order valence-corrected chi connectivity index (χ1v) is 9.30. The molecule has 3 aromatic rings. The minimum atomic E-state index is -1.01. The maximum atomic E-state index is 12.8. The van der Waals surface area contributed by atoms with Crippen molar-refractivity contribution in [3.8, 4) is 0 Å². The van der Waals surface area contributed by atoms with Crippen molar-refractivity contribution in [3.05, 3.63) is 57.7 Å². The van der Waals surface area contributed by atoms with Gasteiger partial charge in [0, 0.05) is 11.3 Å². The van der Waals surface area contributed by atoms with Crippen LogP contribution in [0.3, 0.4) is 0 Å². The molecule has 1 atom stereocenters. The van der Waals surface area contributed by atoms with Gasteiger partial charge in [-0.1, -0.05) is 0 Å². The highest BCUT2D eigenvalue weighted by atomic mass is 16.5. The van der Waals surface area contributed by atoms with Crippen LogP contribution in [0.15, 0.2) is 18.2 Å². The van der Waals surface area contributed by atoms with Crippen molar-refractivity contribution in [1.29, 1.82) is 0 Å². The molecule has 3 rings (SSSR count). The molecule has 1 N–H and O–H groups in total. The number of esters is 1. The molecule has 7 heteroatoms. The molecule has 0 aliphatic heterocycles. The second-order valence-electron chi connectivity index (χ2n) is 7.19. The number of H-pyrrole nitrogens is 1. The molecule has 0 saturated heterocycles. The lowest BCUT2D eigenvalue weighted by molar-refractivity contribution is 0.0317. The molecule has 0 radical (unpaired) electrons. The zero-order valence-electron chi connectivity index (χ0n) is 17.3. The minimum absolute atomic E-state index is 0.122. The van der Waals surface area contributed by atoms with Crippen LogP contribution < -0.4 is 0 Å². The van der Waals surface area contributed by atoms with Crippen LogP contribution in [0.4, 0.5) is 0 Å². The maximum Gasteiger partial charge on any atom is 0.338 e. The number of rotatable bonds is 5. The number of carbonyl (C=O) groups is 3. The number of carbonyl (C=O) groups excluding carboxylic acids is 3. The Morgan fingerprint density at radius 3 is 2.21 bits per heavy atom. The molecule has 2 heterocycles. The van der Waals surface area contributed by atoms with Crippen LogP contribution in [-0.4, -0.2) is 38.6 Å². The summed E-state index contributed by atoms with van der Waals surface area (Å²) in [6, 6.07) is 4.91. The van der Waals surface area contributed by atoms with Gasteiger partial charge in [-0.15, -0.1) is 0 Å². The van der Waals surface area contributed by atoms with Crippen LogP contribution in [0.25, 0.3) is 11.0 Å². The van der Waals surface area contributed by atoms with Crippen molar-refractivity contribution in [2.75, 3.05) is 0 Å². The highest BCUT2D eigenvalue weighted by Gasteiger charge is 2.26. The quantitative estimate of drug-likeness (QED) is 0.522. The predicted octanol–water partition coefficient (Wildman–Crippen LogP) is 3.82. The number of aromatic amines is 1. The third kappa shape index (κ3) is 3.81. The Morgan fingerprint density at radius 2 is 1.62 bits per heavy atom. The van der Waals surface area contributed by atoms with Crippen LogP contribution in [-0.2, 0) is 4.74 Å². The topological polar surface area (TPSA) is 102 Å². The van der Waals surface area contributed by atoms with Crippen LogP contribution >= 0.6 is 0 Å². The van der Waals surface area contributed by atoms with Crippen molar-refractivity contribution in [2.24, 2.45) is 0 Å². The highest BCUT2D eigenvalue weighted by Crippen LogP contribution is 2.21. The number of hydrogen-bond acceptors (Lipinski definition) is 6. The fourth-order valence-electron chi connectivity index (χ4n) is 3.37. The average molecular weight is 393 g/mol. The number of aryl methyl sites for hydroxylation is 3. The van der Waals surface area contributed by atoms with Crippen LogP contribution in [0.5, 0.6) is 0 Å². The summed E-state index contributed by atoms with van der Waals surface area (Å²) in [5.74, 6) is -1.14. The van der Waals surface area contributed by atoms with Gasteiger partial charge in [0.1, 0.15) is 0 Å². The molecule has 2 aromatic heterocycles. The van der Waals surface area contributed by atoms with E-state index in [1.165, 1.54) is 13.8 Å². The normalized spacial score (nSPS) is 12.1. The molecule has 0 aliphatic rings. The van der Waals surface area contributed by atoms with E-state index >= 15 is 0 Å². The lowest BCUT2D eigenvalue weighted by Gasteiger charge is -2.12. The molecule has 0 amide bonds. The van der Waals surface area contributed by atoms with Crippen molar-refractivity contribution >= 4 is 28.6 Å². The number of aromatic nitrogens is 3. The Hall–Kier alpha value is -3.35. The zero-order valence-corrected chi connectivity index (χ0v) is 17.3. The van der Waals surface area contributed by atoms with E-state index in [9.17, 15) is 14.4 Å². The summed E-state index contributed by atoms with van der Waals surface area (Å²) in [5.41, 5.74) is 5.13. The Kier molecular flexibility index (Phi) is 5.33. The third-order valence-corrected chi connectivity index (χ3v) is 5.00. The zero-order chi connectivity index (χ0) is 21.5. The van der Waals surface area contributed by atoms with Gasteiger partial charge in [0.25, 0.3) is 0 Å². The second-order valence-corrected chi connectivity index (χ2v) is 7.19. The fourth-order valence-corrected chi connectivity index (χ4v) is 3.37. The Bertz CT molecular complexity index is 1160. The molecule has 29 heavy (non-hydrogen) atoms. The molecule has 0 saturated carbocycles. The SMILES string of the molecule is CC(=O)c1c(C)[nH]c(C(=O)[C@H](C)OC(=O)c2ccc3nc(C)c(C)nc3c2)c1C. The first-order valence-electron chi connectivity index (χ1n) is 9.30. The Labute approximate surface area is 168 Å². The molecule has 0 unspecified atom stereocenters. The average Bonchev–Trinajstić information content (AvgIpc) is 2.95. The lowest BCUT2D eigenvalue weighted by atomic mass is 10.0. The van der Waals surface area contributed by atoms with Crippen LogP contribution in [0, 0.1) is 27.7 Å². The van der Waals surface area contributed by atoms with E-state index in [1.54, 1.807) is 32.0 Å². The van der Waals surface area contributed by atoms with E-state index in [1.807, 2.05) is 13.8 Å². The van der Waals surface area contributed by atoms with E-state index in [2.05, 4.69) is 15.0 Å². The summed E-state index contributed by atoms with van der Waals surface area (Å²) >= 11 is 0. The minimum Gasteiger partial charge on any atom is -0.451 e. The first-order chi connectivity index (χ1) is 13.6. The van der Waals surface area contributed by atoms with Crippen LogP contribution in [0.2, 0.25) is 0 Å². The van der Waals surface area contributed by atoms with Gasteiger partial charge in [0.2, 0.25) is 5.78 Å². The van der Waals surface area contributed by atoms with Gasteiger partial charge in [0.05, 0.1) is 33.7 Å². The summed E-state index contributed by atoms with van der Waals surface area (Å²) in [6.45, 7) is 10.1. The van der Waals surface area contributed by atoms with Gasteiger partial charge in [-0.25, -0.2) is 14.8 Å². The molecular weight excluding hydrogens is 370 g/mol. The second kappa shape index (κ2) is 7.58. The monoisotopic (exact) mass is 393 g/mol. The summed E-state index contributed by atoms with van der Waals surface area (Å²) in [5, 5.41) is 0. The van der Waals surface area contributed by atoms with Crippen molar-refractivity contribution < 1.29 is 19.1 Å². The molecule has 150 valence electrons. The number of Topliss-reactive ketones (excluding diaryl/α,β-unsaturated/α-hetero) is 2. The molecule has 0 fully saturated rings. The largest absolute Gasteiger partial charge is 0.451 e. The number of nitrogens with zero attached hydrogens (tertiary/aromatic N) is 2. The van der Waals surface area contributed by atoms with Gasteiger partial charge in [-0.2, -0.15) is 0 Å². The van der Waals surface area contributed by atoms with Gasteiger partial charge < -0.3 is 9.72 Å². The number of nitrogens with one attached hydrogen (secondary N) is 1. The van der Waals surface area contributed by atoms with Crippen molar-refractivity contribution in [3.63, 3.8) is 0 Å². The number of hydrogen-bond donors (Lipinski definition) is 1. The van der Waals surface area contributed by atoms with E-state index in [0.29, 0.717) is 33.4 Å². The van der Waals surface area contributed by atoms with Crippen molar-refractivity contribution in [2.45, 2.75) is 47.6 Å². The van der Waals surface area contributed by atoms with Crippen LogP contribution in [0.1, 0.15) is 67.7 Å². The number of benzene rings is 1. The lowest BCUT2D eigenvalue weighted by Crippen LogP contribution is -2.25.